The van der Waals surface area contributed by atoms with Gasteiger partial charge in [-0.25, -0.2) is 4.57 Å². The lowest BCUT2D eigenvalue weighted by Gasteiger charge is -2.35. The third-order valence-electron chi connectivity index (χ3n) is 6.86. The van der Waals surface area contributed by atoms with Gasteiger partial charge in [0.2, 0.25) is 0 Å². The summed E-state index contributed by atoms with van der Waals surface area (Å²) in [4.78, 5) is 9.90. The largest absolute Gasteiger partial charge is 0.474 e. The Labute approximate surface area is 236 Å². The van der Waals surface area contributed by atoms with Gasteiger partial charge in [-0.1, -0.05) is 53.5 Å². The lowest BCUT2D eigenvalue weighted by molar-refractivity contribution is -0.246. The van der Waals surface area contributed by atoms with E-state index in [0.29, 0.717) is 6.42 Å². The summed E-state index contributed by atoms with van der Waals surface area (Å²) in [5.41, 5.74) is 5.65. The van der Waals surface area contributed by atoms with Crippen molar-refractivity contribution in [3.63, 3.8) is 0 Å². The van der Waals surface area contributed by atoms with Crippen LogP contribution >= 0.6 is 7.82 Å². The molecule has 4 N–H and O–H groups in total. The number of ether oxygens (including phenoxy) is 1. The highest BCUT2D eigenvalue weighted by molar-refractivity contribution is 7.47. The van der Waals surface area contributed by atoms with E-state index >= 15 is 0 Å². The SMILES string of the molecule is CC(C)=CCC/C(C)=C/CC/C(C)=C/CC/C(C)=C\CCC(C)CCOP(=O)(O)OC1OC[C@@H](O)[C@H](O)[C@H]1O. The van der Waals surface area contributed by atoms with Gasteiger partial charge in [0.15, 0.2) is 6.29 Å². The van der Waals surface area contributed by atoms with Crippen LogP contribution in [0.3, 0.4) is 0 Å². The van der Waals surface area contributed by atoms with Crippen molar-refractivity contribution in [2.45, 2.75) is 124 Å². The highest BCUT2D eigenvalue weighted by Gasteiger charge is 2.42. The van der Waals surface area contributed by atoms with Gasteiger partial charge in [-0.2, -0.15) is 0 Å². The molecule has 1 fully saturated rings. The Kier molecular flexibility index (Phi) is 17.6. The van der Waals surface area contributed by atoms with Crippen molar-refractivity contribution >= 4 is 7.82 Å². The minimum absolute atomic E-state index is 0.0138. The van der Waals surface area contributed by atoms with E-state index in [4.69, 9.17) is 13.8 Å². The molecule has 0 aromatic rings. The monoisotopic (exact) mass is 572 g/mol. The van der Waals surface area contributed by atoms with Gasteiger partial charge in [0.05, 0.1) is 13.2 Å². The number of allylic oxidation sites excluding steroid dienone is 8. The first-order valence-corrected chi connectivity index (χ1v) is 15.7. The molecule has 0 amide bonds. The average Bonchev–Trinajstić information content (AvgIpc) is 2.84. The van der Waals surface area contributed by atoms with Crippen LogP contribution in [-0.4, -0.2) is 58.0 Å². The van der Waals surface area contributed by atoms with Gasteiger partial charge < -0.3 is 24.9 Å². The smallest absolute Gasteiger partial charge is 0.388 e. The van der Waals surface area contributed by atoms with Crippen LogP contribution in [0.15, 0.2) is 46.6 Å². The minimum atomic E-state index is -4.48. The maximum absolute atomic E-state index is 12.2. The Morgan fingerprint density at radius 1 is 0.846 bits per heavy atom. The summed E-state index contributed by atoms with van der Waals surface area (Å²) in [7, 11) is -4.48. The van der Waals surface area contributed by atoms with Crippen LogP contribution in [0.25, 0.3) is 0 Å². The van der Waals surface area contributed by atoms with Gasteiger partial charge >= 0.3 is 7.82 Å². The van der Waals surface area contributed by atoms with Crippen LogP contribution in [0.2, 0.25) is 0 Å². The fraction of sp³-hybridized carbons (Fsp3) is 0.733. The minimum Gasteiger partial charge on any atom is -0.388 e. The Morgan fingerprint density at radius 3 is 1.90 bits per heavy atom. The number of phosphoric ester groups is 1. The number of hydrogen-bond acceptors (Lipinski definition) is 7. The predicted octanol–water partition coefficient (Wildman–Crippen LogP) is 6.51. The lowest BCUT2D eigenvalue weighted by Crippen LogP contribution is -2.53. The third-order valence-corrected chi connectivity index (χ3v) is 7.85. The van der Waals surface area contributed by atoms with Crippen molar-refractivity contribution in [1.29, 1.82) is 0 Å². The third kappa shape index (κ3) is 16.7. The second kappa shape index (κ2) is 19.1. The van der Waals surface area contributed by atoms with E-state index in [9.17, 15) is 24.8 Å². The van der Waals surface area contributed by atoms with Crippen LogP contribution in [0.5, 0.6) is 0 Å². The van der Waals surface area contributed by atoms with Gasteiger partial charge in [0.25, 0.3) is 0 Å². The van der Waals surface area contributed by atoms with E-state index in [2.05, 4.69) is 65.8 Å². The molecule has 9 heteroatoms. The predicted molar refractivity (Wildman–Crippen MR) is 156 cm³/mol. The highest BCUT2D eigenvalue weighted by Crippen LogP contribution is 2.46. The molecule has 1 aliphatic rings. The normalized spacial score (nSPS) is 25.3. The number of aliphatic hydroxyl groups is 3. The van der Waals surface area contributed by atoms with Crippen LogP contribution in [-0.2, 0) is 18.3 Å². The summed E-state index contributed by atoms with van der Waals surface area (Å²) in [6.45, 7) is 12.6. The van der Waals surface area contributed by atoms with Crippen molar-refractivity contribution in [2.24, 2.45) is 5.92 Å². The Balaban J connectivity index is 2.23. The zero-order valence-electron chi connectivity index (χ0n) is 24.8. The van der Waals surface area contributed by atoms with E-state index in [1.165, 1.54) is 22.3 Å². The molecule has 1 saturated heterocycles. The average molecular weight is 573 g/mol. The summed E-state index contributed by atoms with van der Waals surface area (Å²) in [5.74, 6) is 0.281. The molecular weight excluding hydrogens is 519 g/mol. The van der Waals surface area contributed by atoms with Crippen LogP contribution in [0.4, 0.5) is 0 Å². The Bertz CT molecular complexity index is 874. The fourth-order valence-electron chi connectivity index (χ4n) is 4.15. The van der Waals surface area contributed by atoms with Gasteiger partial charge in [-0.3, -0.25) is 9.05 Å². The van der Waals surface area contributed by atoms with E-state index in [1.807, 2.05) is 0 Å². The molecule has 1 rings (SSSR count). The lowest BCUT2D eigenvalue weighted by atomic mass is 10.0. The molecule has 0 aromatic carbocycles. The van der Waals surface area contributed by atoms with Gasteiger partial charge in [0.1, 0.15) is 18.3 Å². The van der Waals surface area contributed by atoms with Gasteiger partial charge in [-0.05, 0) is 98.3 Å². The number of aliphatic hydroxyl groups excluding tert-OH is 3. The van der Waals surface area contributed by atoms with Crippen molar-refractivity contribution < 1.29 is 38.6 Å². The molecule has 8 nitrogen and oxygen atoms in total. The van der Waals surface area contributed by atoms with E-state index in [1.54, 1.807) is 0 Å². The summed E-state index contributed by atoms with van der Waals surface area (Å²) >= 11 is 0. The standard InChI is InChI=1S/C30H53O8P/c1-22(2)11-7-12-23(3)13-8-14-24(4)15-9-16-25(5)17-10-18-26(6)19-20-37-39(34,35)38-30-29(33)28(32)27(31)21-36-30/h11,13,15,17,26-33H,7-10,12,14,16,18-21H2,1-6H3,(H,34,35)/b23-13+,24-15+,25-17-/t26?,27-,28+,29-,30?/m1/s1. The maximum Gasteiger partial charge on any atom is 0.474 e. The molecule has 6 atom stereocenters. The number of phosphoric acid groups is 1. The Hall–Kier alpha value is -1.09. The Morgan fingerprint density at radius 2 is 1.36 bits per heavy atom. The molecule has 0 saturated carbocycles. The van der Waals surface area contributed by atoms with Crippen molar-refractivity contribution in [3.05, 3.63) is 46.6 Å². The van der Waals surface area contributed by atoms with E-state index in [-0.39, 0.29) is 19.1 Å². The van der Waals surface area contributed by atoms with Gasteiger partial charge in [-0.15, -0.1) is 0 Å². The topological polar surface area (TPSA) is 126 Å². The molecule has 3 unspecified atom stereocenters. The van der Waals surface area contributed by atoms with Gasteiger partial charge in [0, 0.05) is 0 Å². The molecule has 0 aliphatic carbocycles. The first-order chi connectivity index (χ1) is 18.3. The van der Waals surface area contributed by atoms with Crippen molar-refractivity contribution in [3.8, 4) is 0 Å². The van der Waals surface area contributed by atoms with Crippen LogP contribution < -0.4 is 0 Å². The summed E-state index contributed by atoms with van der Waals surface area (Å²) in [6.07, 6.45) is 12.2. The molecule has 0 aromatic heterocycles. The highest BCUT2D eigenvalue weighted by atomic mass is 31.2. The summed E-state index contributed by atoms with van der Waals surface area (Å²) in [6, 6.07) is 0. The van der Waals surface area contributed by atoms with E-state index in [0.717, 1.165) is 51.4 Å². The van der Waals surface area contributed by atoms with Crippen LogP contribution in [0, 0.1) is 5.92 Å². The number of hydrogen-bond donors (Lipinski definition) is 4. The second-order valence-corrected chi connectivity index (χ2v) is 12.6. The molecule has 0 spiro atoms. The zero-order chi connectivity index (χ0) is 29.4. The van der Waals surface area contributed by atoms with E-state index < -0.39 is 32.4 Å². The fourth-order valence-corrected chi connectivity index (χ4v) is 4.99. The zero-order valence-corrected chi connectivity index (χ0v) is 25.7. The summed E-state index contributed by atoms with van der Waals surface area (Å²) in [5, 5.41) is 28.9. The maximum atomic E-state index is 12.2. The first kappa shape index (κ1) is 35.9. The van der Waals surface area contributed by atoms with Crippen LogP contribution in [0.1, 0.15) is 99.3 Å². The molecule has 226 valence electrons. The summed E-state index contributed by atoms with van der Waals surface area (Å²) < 4.78 is 27.0. The first-order valence-electron chi connectivity index (χ1n) is 14.2. The molecular formula is C30H53O8P. The molecule has 1 heterocycles. The molecule has 0 radical (unpaired) electrons. The van der Waals surface area contributed by atoms with Crippen molar-refractivity contribution in [1.82, 2.24) is 0 Å². The molecule has 0 bridgehead atoms. The quantitative estimate of drug-likeness (QED) is 0.108. The second-order valence-electron chi connectivity index (χ2n) is 11.2. The van der Waals surface area contributed by atoms with Crippen molar-refractivity contribution in [2.75, 3.05) is 13.2 Å². The molecule has 1 aliphatic heterocycles. The molecule has 39 heavy (non-hydrogen) atoms. The number of rotatable bonds is 18.